The molecule has 0 saturated heterocycles. The maximum Gasteiger partial charge on any atom is 0.247 e. The third-order valence-corrected chi connectivity index (χ3v) is 1.60. The molecule has 0 amide bonds. The van der Waals surface area contributed by atoms with E-state index in [1.807, 2.05) is 33.8 Å². The van der Waals surface area contributed by atoms with Crippen molar-refractivity contribution in [2.24, 2.45) is 0 Å². The SMILES string of the molecule is CC.CC.CCCNCc1ccc(=O)[nH]c1. The van der Waals surface area contributed by atoms with Gasteiger partial charge < -0.3 is 10.3 Å². The first-order valence-electron chi connectivity index (χ1n) is 6.21. The number of hydrogen-bond acceptors (Lipinski definition) is 2. The summed E-state index contributed by atoms with van der Waals surface area (Å²) < 4.78 is 0. The van der Waals surface area contributed by atoms with Crippen molar-refractivity contribution in [3.8, 4) is 0 Å². The molecule has 1 heterocycles. The molecule has 0 fully saturated rings. The van der Waals surface area contributed by atoms with Crippen LogP contribution in [-0.2, 0) is 6.54 Å². The van der Waals surface area contributed by atoms with E-state index in [-0.39, 0.29) is 5.56 Å². The molecule has 0 aliphatic carbocycles. The van der Waals surface area contributed by atoms with Crippen LogP contribution in [0.1, 0.15) is 46.6 Å². The molecule has 0 aliphatic rings. The number of aromatic amines is 1. The Bertz CT molecular complexity index is 261. The lowest BCUT2D eigenvalue weighted by molar-refractivity contribution is 0.673. The number of pyridine rings is 1. The van der Waals surface area contributed by atoms with E-state index in [4.69, 9.17) is 0 Å². The summed E-state index contributed by atoms with van der Waals surface area (Å²) in [5.41, 5.74) is 1.07. The molecule has 94 valence electrons. The number of H-pyrrole nitrogens is 1. The Morgan fingerprint density at radius 1 is 1.19 bits per heavy atom. The van der Waals surface area contributed by atoms with Crippen molar-refractivity contribution in [3.63, 3.8) is 0 Å². The van der Waals surface area contributed by atoms with E-state index in [2.05, 4.69) is 17.2 Å². The van der Waals surface area contributed by atoms with E-state index < -0.39 is 0 Å². The van der Waals surface area contributed by atoms with Gasteiger partial charge in [0.2, 0.25) is 5.56 Å². The summed E-state index contributed by atoms with van der Waals surface area (Å²) in [4.78, 5) is 13.3. The van der Waals surface area contributed by atoms with Crippen LogP contribution in [0.3, 0.4) is 0 Å². The van der Waals surface area contributed by atoms with E-state index in [0.717, 1.165) is 25.1 Å². The normalized spacial score (nSPS) is 8.31. The minimum absolute atomic E-state index is 0.0470. The second-order valence-electron chi connectivity index (χ2n) is 2.74. The Hall–Kier alpha value is -1.09. The van der Waals surface area contributed by atoms with Gasteiger partial charge in [0.05, 0.1) is 0 Å². The molecule has 0 unspecified atom stereocenters. The molecule has 3 heteroatoms. The first-order chi connectivity index (χ1) is 7.83. The smallest absolute Gasteiger partial charge is 0.247 e. The molecule has 1 aromatic heterocycles. The average molecular weight is 226 g/mol. The van der Waals surface area contributed by atoms with E-state index in [9.17, 15) is 4.79 Å². The molecule has 1 aromatic rings. The van der Waals surface area contributed by atoms with E-state index in [0.29, 0.717) is 0 Å². The Morgan fingerprint density at radius 2 is 1.81 bits per heavy atom. The molecule has 16 heavy (non-hydrogen) atoms. The number of rotatable bonds is 4. The standard InChI is InChI=1S/C9H14N2O.2C2H6/c1-2-5-10-6-8-3-4-9(12)11-7-8;2*1-2/h3-4,7,10H,2,5-6H2,1H3,(H,11,12);2*1-2H3. The fourth-order valence-electron chi connectivity index (χ4n) is 0.962. The van der Waals surface area contributed by atoms with E-state index >= 15 is 0 Å². The van der Waals surface area contributed by atoms with Gasteiger partial charge in [-0.15, -0.1) is 0 Å². The van der Waals surface area contributed by atoms with Gasteiger partial charge in [0, 0.05) is 18.8 Å². The van der Waals surface area contributed by atoms with Gasteiger partial charge in [-0.3, -0.25) is 4.79 Å². The second kappa shape index (κ2) is 13.9. The first-order valence-corrected chi connectivity index (χ1v) is 6.21. The van der Waals surface area contributed by atoms with Crippen LogP contribution in [0.4, 0.5) is 0 Å². The van der Waals surface area contributed by atoms with Crippen molar-refractivity contribution in [2.75, 3.05) is 6.54 Å². The van der Waals surface area contributed by atoms with Crippen LogP contribution >= 0.6 is 0 Å². The highest BCUT2D eigenvalue weighted by molar-refractivity contribution is 5.07. The molecule has 0 aliphatic heterocycles. The zero-order valence-electron chi connectivity index (χ0n) is 11.3. The number of nitrogens with one attached hydrogen (secondary N) is 2. The topological polar surface area (TPSA) is 44.9 Å². The number of aromatic nitrogens is 1. The highest BCUT2D eigenvalue weighted by atomic mass is 16.1. The highest BCUT2D eigenvalue weighted by Crippen LogP contribution is 1.91. The maximum absolute atomic E-state index is 10.7. The van der Waals surface area contributed by atoms with Crippen LogP contribution in [0.25, 0.3) is 0 Å². The summed E-state index contributed by atoms with van der Waals surface area (Å²) in [6.07, 6.45) is 2.87. The Kier molecular flexibility index (Phi) is 15.0. The molecule has 0 bridgehead atoms. The van der Waals surface area contributed by atoms with E-state index in [1.54, 1.807) is 12.3 Å². The van der Waals surface area contributed by atoms with Crippen LogP contribution in [0.2, 0.25) is 0 Å². The van der Waals surface area contributed by atoms with E-state index in [1.165, 1.54) is 0 Å². The second-order valence-corrected chi connectivity index (χ2v) is 2.74. The van der Waals surface area contributed by atoms with Crippen LogP contribution in [-0.4, -0.2) is 11.5 Å². The lowest BCUT2D eigenvalue weighted by atomic mass is 10.3. The molecule has 3 nitrogen and oxygen atoms in total. The van der Waals surface area contributed by atoms with Crippen molar-refractivity contribution in [3.05, 3.63) is 34.2 Å². The molecule has 0 radical (unpaired) electrons. The summed E-state index contributed by atoms with van der Waals surface area (Å²) in [6.45, 7) is 12.0. The predicted octanol–water partition coefficient (Wildman–Crippen LogP) is 2.93. The summed E-state index contributed by atoms with van der Waals surface area (Å²) in [5, 5.41) is 3.25. The summed E-state index contributed by atoms with van der Waals surface area (Å²) in [7, 11) is 0. The van der Waals surface area contributed by atoms with Crippen LogP contribution in [0, 0.1) is 0 Å². The lowest BCUT2D eigenvalue weighted by Crippen LogP contribution is -2.15. The molecule has 1 rings (SSSR count). The molecular formula is C13H26N2O. The first kappa shape index (κ1) is 17.3. The molecular weight excluding hydrogens is 200 g/mol. The monoisotopic (exact) mass is 226 g/mol. The van der Waals surface area contributed by atoms with Gasteiger partial charge in [-0.25, -0.2) is 0 Å². The van der Waals surface area contributed by atoms with Crippen molar-refractivity contribution in [1.82, 2.24) is 10.3 Å². The zero-order chi connectivity index (χ0) is 12.8. The van der Waals surface area contributed by atoms with Crippen molar-refractivity contribution >= 4 is 0 Å². The lowest BCUT2D eigenvalue weighted by Gasteiger charge is -2.01. The largest absolute Gasteiger partial charge is 0.329 e. The van der Waals surface area contributed by atoms with Gasteiger partial charge in [0.1, 0.15) is 0 Å². The summed E-state index contributed by atoms with van der Waals surface area (Å²) in [5.74, 6) is 0. The minimum Gasteiger partial charge on any atom is -0.329 e. The van der Waals surface area contributed by atoms with Crippen molar-refractivity contribution in [2.45, 2.75) is 47.6 Å². The Labute approximate surface area is 99.3 Å². The average Bonchev–Trinajstić information content (AvgIpc) is 2.37. The van der Waals surface area contributed by atoms with Crippen molar-refractivity contribution in [1.29, 1.82) is 0 Å². The van der Waals surface area contributed by atoms with Gasteiger partial charge in [-0.1, -0.05) is 40.7 Å². The van der Waals surface area contributed by atoms with Gasteiger partial charge in [-0.2, -0.15) is 0 Å². The maximum atomic E-state index is 10.7. The molecule has 0 spiro atoms. The predicted molar refractivity (Wildman–Crippen MR) is 71.8 cm³/mol. The zero-order valence-corrected chi connectivity index (χ0v) is 11.3. The molecule has 0 saturated carbocycles. The molecule has 0 aromatic carbocycles. The van der Waals surface area contributed by atoms with Crippen molar-refractivity contribution < 1.29 is 0 Å². The minimum atomic E-state index is -0.0470. The van der Waals surface area contributed by atoms with Gasteiger partial charge in [0.15, 0.2) is 0 Å². The van der Waals surface area contributed by atoms with Gasteiger partial charge >= 0.3 is 0 Å². The third-order valence-electron chi connectivity index (χ3n) is 1.60. The molecule has 2 N–H and O–H groups in total. The van der Waals surface area contributed by atoms with Crippen LogP contribution < -0.4 is 10.9 Å². The van der Waals surface area contributed by atoms with Gasteiger partial charge in [0.25, 0.3) is 0 Å². The highest BCUT2D eigenvalue weighted by Gasteiger charge is 1.90. The summed E-state index contributed by atoms with van der Waals surface area (Å²) >= 11 is 0. The molecule has 0 atom stereocenters. The van der Waals surface area contributed by atoms with Crippen LogP contribution in [0.5, 0.6) is 0 Å². The number of hydrogen-bond donors (Lipinski definition) is 2. The Balaban J connectivity index is 0. The Morgan fingerprint density at radius 3 is 2.25 bits per heavy atom. The summed E-state index contributed by atoms with van der Waals surface area (Å²) in [6, 6.07) is 3.38. The van der Waals surface area contributed by atoms with Gasteiger partial charge in [-0.05, 0) is 18.5 Å². The third kappa shape index (κ3) is 9.46. The quantitative estimate of drug-likeness (QED) is 0.775. The van der Waals surface area contributed by atoms with Crippen LogP contribution in [0.15, 0.2) is 23.1 Å². The fraction of sp³-hybridized carbons (Fsp3) is 0.615. The fourth-order valence-corrected chi connectivity index (χ4v) is 0.962.